The molecule has 0 N–H and O–H groups in total. The molecule has 0 aliphatic heterocycles. The second kappa shape index (κ2) is 12.9. The quantitative estimate of drug-likeness (QED) is 0.176. The summed E-state index contributed by atoms with van der Waals surface area (Å²) < 4.78 is 6.46. The van der Waals surface area contributed by atoms with Crippen LogP contribution < -0.4 is 0 Å². The van der Waals surface area contributed by atoms with Gasteiger partial charge in [-0.2, -0.15) is 0 Å². The van der Waals surface area contributed by atoms with Gasteiger partial charge in [0.2, 0.25) is 0 Å². The van der Waals surface area contributed by atoms with Crippen molar-refractivity contribution in [2.24, 2.45) is 0 Å². The van der Waals surface area contributed by atoms with Gasteiger partial charge in [0.15, 0.2) is 17.5 Å². The smallest absolute Gasteiger partial charge is 0.164 e. The van der Waals surface area contributed by atoms with Crippen molar-refractivity contribution >= 4 is 32.7 Å². The van der Waals surface area contributed by atoms with Gasteiger partial charge in [0, 0.05) is 27.5 Å². The van der Waals surface area contributed by atoms with Crippen LogP contribution in [-0.4, -0.2) is 15.0 Å². The van der Waals surface area contributed by atoms with Crippen LogP contribution in [0.3, 0.4) is 0 Å². The Morgan fingerprint density at radius 2 is 0.830 bits per heavy atom. The van der Waals surface area contributed by atoms with Gasteiger partial charge in [-0.15, -0.1) is 0 Å². The molecule has 4 nitrogen and oxygen atoms in total. The van der Waals surface area contributed by atoms with Gasteiger partial charge in [0.1, 0.15) is 11.2 Å². The molecule has 0 aliphatic carbocycles. The maximum Gasteiger partial charge on any atom is 0.164 e. The molecule has 10 aromatic rings. The van der Waals surface area contributed by atoms with Crippen LogP contribution >= 0.6 is 0 Å². The van der Waals surface area contributed by atoms with Crippen LogP contribution in [0, 0.1) is 0 Å². The van der Waals surface area contributed by atoms with Crippen LogP contribution in [0.25, 0.3) is 100 Å². The molecule has 8 aromatic carbocycles. The van der Waals surface area contributed by atoms with Crippen molar-refractivity contribution < 1.29 is 4.42 Å². The molecule has 10 rings (SSSR count). The summed E-state index contributed by atoms with van der Waals surface area (Å²) in [6.45, 7) is 0. The van der Waals surface area contributed by atoms with Crippen molar-refractivity contribution in [2.45, 2.75) is 0 Å². The first-order valence-corrected chi connectivity index (χ1v) is 17.8. The minimum Gasteiger partial charge on any atom is -0.456 e. The second-order valence-electron chi connectivity index (χ2n) is 13.3. The minimum atomic E-state index is 0.597. The topological polar surface area (TPSA) is 51.8 Å². The molecule has 0 saturated heterocycles. The highest BCUT2D eigenvalue weighted by Crippen LogP contribution is 2.38. The molecule has 2 aromatic heterocycles. The molecule has 0 aliphatic rings. The fourth-order valence-electron chi connectivity index (χ4n) is 7.23. The Hall–Kier alpha value is -7.17. The molecule has 53 heavy (non-hydrogen) atoms. The summed E-state index contributed by atoms with van der Waals surface area (Å²) in [6.07, 6.45) is 0. The Morgan fingerprint density at radius 1 is 0.302 bits per heavy atom. The monoisotopic (exact) mass is 677 g/mol. The number of nitrogens with zero attached hydrogens (tertiary/aromatic N) is 3. The number of rotatable bonds is 6. The van der Waals surface area contributed by atoms with E-state index in [-0.39, 0.29) is 0 Å². The standard InChI is InChI=1S/C49H31N3O/c1-3-11-32(12-4-1)40-27-28-42-45(31-40)53-44-20-10-19-43(46(42)44)49-51-47(36-14-5-2-6-15-36)50-48(52-49)41-18-9-17-38(30-41)34-21-23-35(24-22-34)39-26-25-33-13-7-8-16-37(33)29-39/h1-31H. The van der Waals surface area contributed by atoms with Gasteiger partial charge in [0.05, 0.1) is 0 Å². The summed E-state index contributed by atoms with van der Waals surface area (Å²) in [7, 11) is 0. The van der Waals surface area contributed by atoms with E-state index in [0.29, 0.717) is 17.5 Å². The summed E-state index contributed by atoms with van der Waals surface area (Å²) in [5.41, 5.74) is 11.2. The Bertz CT molecular complexity index is 2930. The highest BCUT2D eigenvalue weighted by atomic mass is 16.3. The van der Waals surface area contributed by atoms with Crippen LogP contribution in [0.1, 0.15) is 0 Å². The van der Waals surface area contributed by atoms with Crippen LogP contribution in [0.2, 0.25) is 0 Å². The summed E-state index contributed by atoms with van der Waals surface area (Å²) >= 11 is 0. The van der Waals surface area contributed by atoms with E-state index in [1.165, 1.54) is 21.9 Å². The molecule has 0 saturated carbocycles. The third-order valence-corrected chi connectivity index (χ3v) is 9.93. The molecule has 0 bridgehead atoms. The van der Waals surface area contributed by atoms with Crippen LogP contribution in [0.4, 0.5) is 0 Å². The fourth-order valence-corrected chi connectivity index (χ4v) is 7.23. The van der Waals surface area contributed by atoms with E-state index >= 15 is 0 Å². The van der Waals surface area contributed by atoms with E-state index in [9.17, 15) is 0 Å². The van der Waals surface area contributed by atoms with Gasteiger partial charge in [0.25, 0.3) is 0 Å². The average Bonchev–Trinajstić information content (AvgIpc) is 3.62. The molecule has 0 amide bonds. The van der Waals surface area contributed by atoms with Crippen molar-refractivity contribution in [3.05, 3.63) is 188 Å². The molecule has 4 heteroatoms. The minimum absolute atomic E-state index is 0.597. The first-order valence-electron chi connectivity index (χ1n) is 17.8. The number of aromatic nitrogens is 3. The average molecular weight is 678 g/mol. The van der Waals surface area contributed by atoms with Crippen LogP contribution in [-0.2, 0) is 0 Å². The largest absolute Gasteiger partial charge is 0.456 e. The lowest BCUT2D eigenvalue weighted by Gasteiger charge is -2.11. The van der Waals surface area contributed by atoms with Crippen molar-refractivity contribution in [1.82, 2.24) is 15.0 Å². The van der Waals surface area contributed by atoms with E-state index in [2.05, 4.69) is 140 Å². The molecule has 0 spiro atoms. The predicted molar refractivity (Wildman–Crippen MR) is 217 cm³/mol. The third-order valence-electron chi connectivity index (χ3n) is 9.93. The highest BCUT2D eigenvalue weighted by Gasteiger charge is 2.18. The first-order chi connectivity index (χ1) is 26.2. The zero-order chi connectivity index (χ0) is 35.1. The second-order valence-corrected chi connectivity index (χ2v) is 13.3. The maximum absolute atomic E-state index is 6.46. The number of hydrogen-bond acceptors (Lipinski definition) is 4. The Morgan fingerprint density at radius 3 is 1.60 bits per heavy atom. The molecular weight excluding hydrogens is 647 g/mol. The highest BCUT2D eigenvalue weighted by molar-refractivity contribution is 6.12. The van der Waals surface area contributed by atoms with E-state index in [1.807, 2.05) is 48.5 Å². The Labute approximate surface area is 306 Å². The fraction of sp³-hybridized carbons (Fsp3) is 0. The van der Waals surface area contributed by atoms with Crippen molar-refractivity contribution in [2.75, 3.05) is 0 Å². The third kappa shape index (κ3) is 5.73. The molecule has 0 fully saturated rings. The molecule has 2 heterocycles. The van der Waals surface area contributed by atoms with Gasteiger partial charge in [-0.05, 0) is 74.5 Å². The zero-order valence-corrected chi connectivity index (χ0v) is 28.6. The first kappa shape index (κ1) is 30.6. The summed E-state index contributed by atoms with van der Waals surface area (Å²) in [4.78, 5) is 15.3. The van der Waals surface area contributed by atoms with E-state index in [0.717, 1.165) is 60.9 Å². The van der Waals surface area contributed by atoms with E-state index < -0.39 is 0 Å². The summed E-state index contributed by atoms with van der Waals surface area (Å²) in [6, 6.07) is 65.3. The molecule has 0 unspecified atom stereocenters. The van der Waals surface area contributed by atoms with Gasteiger partial charge < -0.3 is 4.42 Å². The Kier molecular flexibility index (Phi) is 7.43. The Balaban J connectivity index is 1.06. The van der Waals surface area contributed by atoms with Gasteiger partial charge >= 0.3 is 0 Å². The maximum atomic E-state index is 6.46. The predicted octanol–water partition coefficient (Wildman–Crippen LogP) is 12.9. The molecule has 248 valence electrons. The number of fused-ring (bicyclic) bond motifs is 4. The zero-order valence-electron chi connectivity index (χ0n) is 28.6. The van der Waals surface area contributed by atoms with E-state index in [4.69, 9.17) is 19.4 Å². The molecule has 0 radical (unpaired) electrons. The normalized spacial score (nSPS) is 11.4. The van der Waals surface area contributed by atoms with Crippen molar-refractivity contribution in [3.8, 4) is 67.5 Å². The number of furan rings is 1. The van der Waals surface area contributed by atoms with Crippen molar-refractivity contribution in [1.29, 1.82) is 0 Å². The molecule has 0 atom stereocenters. The summed E-state index contributed by atoms with van der Waals surface area (Å²) in [5.74, 6) is 1.82. The van der Waals surface area contributed by atoms with Gasteiger partial charge in [-0.1, -0.05) is 158 Å². The summed E-state index contributed by atoms with van der Waals surface area (Å²) in [5, 5.41) is 4.49. The lowest BCUT2D eigenvalue weighted by molar-refractivity contribution is 0.669. The van der Waals surface area contributed by atoms with E-state index in [1.54, 1.807) is 0 Å². The number of hydrogen-bond donors (Lipinski definition) is 0. The van der Waals surface area contributed by atoms with Gasteiger partial charge in [-0.3, -0.25) is 0 Å². The SMILES string of the molecule is c1ccc(-c2ccc3c(c2)oc2cccc(-c4nc(-c5ccccc5)nc(-c5cccc(-c6ccc(-c7ccc8ccccc8c7)cc6)c5)n4)c23)cc1. The lowest BCUT2D eigenvalue weighted by atomic mass is 9.97. The van der Waals surface area contributed by atoms with Crippen LogP contribution in [0.15, 0.2) is 192 Å². The van der Waals surface area contributed by atoms with Gasteiger partial charge in [-0.25, -0.2) is 15.0 Å². The lowest BCUT2D eigenvalue weighted by Crippen LogP contribution is -2.00. The molecular formula is C49H31N3O. The van der Waals surface area contributed by atoms with Crippen molar-refractivity contribution in [3.63, 3.8) is 0 Å². The van der Waals surface area contributed by atoms with Crippen LogP contribution in [0.5, 0.6) is 0 Å². The number of benzene rings is 8.